The number of alkyl halides is 2. The Kier molecular flexibility index (Phi) is 8.14. The molecule has 7 nitrogen and oxygen atoms in total. The van der Waals surface area contributed by atoms with Gasteiger partial charge < -0.3 is 14.4 Å². The van der Waals surface area contributed by atoms with Gasteiger partial charge in [-0.1, -0.05) is 6.07 Å². The summed E-state index contributed by atoms with van der Waals surface area (Å²) >= 11 is 11.8. The van der Waals surface area contributed by atoms with Crippen molar-refractivity contribution in [2.75, 3.05) is 29.7 Å². The van der Waals surface area contributed by atoms with Crippen molar-refractivity contribution >= 4 is 52.0 Å². The first-order chi connectivity index (χ1) is 15.4. The molecule has 2 aromatic carbocycles. The molecule has 0 atom stereocenters. The van der Waals surface area contributed by atoms with Crippen LogP contribution < -0.4 is 16.0 Å². The van der Waals surface area contributed by atoms with E-state index in [2.05, 4.69) is 15.4 Å². The number of halogens is 2. The normalized spacial score (nSPS) is 11.2. The predicted molar refractivity (Wildman–Crippen MR) is 128 cm³/mol. The molecule has 168 valence electrons. The molecule has 0 fully saturated rings. The number of nitrogens with zero attached hydrogens (tertiary/aromatic N) is 2. The summed E-state index contributed by atoms with van der Waals surface area (Å²) in [4.78, 5) is 26.2. The molecule has 3 aromatic rings. The summed E-state index contributed by atoms with van der Waals surface area (Å²) in [6.45, 7) is 3.35. The van der Waals surface area contributed by atoms with Crippen molar-refractivity contribution < 1.29 is 14.3 Å². The van der Waals surface area contributed by atoms with Gasteiger partial charge in [-0.25, -0.2) is 10.2 Å². The third-order valence-corrected chi connectivity index (χ3v) is 5.22. The highest BCUT2D eigenvalue weighted by Crippen LogP contribution is 2.22. The topological polar surface area (TPSA) is 95.1 Å². The fourth-order valence-electron chi connectivity index (χ4n) is 3.33. The number of hydrogen-bond donors (Lipinski definition) is 2. The Morgan fingerprint density at radius 2 is 1.91 bits per heavy atom. The van der Waals surface area contributed by atoms with Crippen LogP contribution in [-0.4, -0.2) is 42.1 Å². The van der Waals surface area contributed by atoms with Gasteiger partial charge in [0.15, 0.2) is 0 Å². The summed E-state index contributed by atoms with van der Waals surface area (Å²) < 4.78 is 5.08. The Balaban J connectivity index is 1.68. The average Bonchev–Trinajstić information content (AvgIpc) is 2.74. The molecule has 0 saturated carbocycles. The Bertz CT molecular complexity index is 1190. The number of anilines is 1. The maximum absolute atomic E-state index is 12.4. The second-order valence-corrected chi connectivity index (χ2v) is 7.90. The van der Waals surface area contributed by atoms with Crippen LogP contribution in [0.5, 0.6) is 5.75 Å². The molecule has 32 heavy (non-hydrogen) atoms. The average molecular weight is 476 g/mol. The Morgan fingerprint density at radius 1 is 1.16 bits per heavy atom. The second kappa shape index (κ2) is 11.0. The molecule has 1 amide bonds. The molecule has 0 saturated heterocycles. The van der Waals surface area contributed by atoms with E-state index in [1.54, 1.807) is 12.3 Å². The summed E-state index contributed by atoms with van der Waals surface area (Å²) in [6, 6.07) is 11.6. The van der Waals surface area contributed by atoms with Gasteiger partial charge in [0.05, 0.1) is 12.6 Å². The van der Waals surface area contributed by atoms with Crippen LogP contribution in [0, 0.1) is 6.92 Å². The number of hydrazone groups is 1. The van der Waals surface area contributed by atoms with Crippen molar-refractivity contribution in [3.63, 3.8) is 0 Å². The van der Waals surface area contributed by atoms with Gasteiger partial charge >= 0.3 is 5.63 Å². The molecule has 1 aromatic heterocycles. The smallest absolute Gasteiger partial charge is 0.336 e. The third-order valence-electron chi connectivity index (χ3n) is 4.89. The number of aryl methyl sites for hydroxylation is 1. The van der Waals surface area contributed by atoms with Crippen molar-refractivity contribution in [2.24, 2.45) is 5.10 Å². The molecular formula is C23H23Cl2N3O4. The van der Waals surface area contributed by atoms with Crippen LogP contribution >= 0.6 is 23.2 Å². The SMILES string of the molecule is Cc1cc(N(CCCl)CCCl)ccc1/C=N\NC(=O)Cc1cc(=O)oc2cc(O)ccc12. The fraction of sp³-hybridized carbons (Fsp3) is 0.261. The summed E-state index contributed by atoms with van der Waals surface area (Å²) in [7, 11) is 0. The van der Waals surface area contributed by atoms with E-state index in [0.717, 1.165) is 16.8 Å². The maximum atomic E-state index is 12.4. The Hall–Kier alpha value is -3.03. The van der Waals surface area contributed by atoms with Crippen LogP contribution in [0.2, 0.25) is 0 Å². The number of nitrogens with one attached hydrogen (secondary N) is 1. The molecule has 0 unspecified atom stereocenters. The molecule has 0 aliphatic rings. The first-order valence-electron chi connectivity index (χ1n) is 9.96. The highest BCUT2D eigenvalue weighted by molar-refractivity contribution is 6.18. The summed E-state index contributed by atoms with van der Waals surface area (Å²) in [5, 5.41) is 14.2. The number of carbonyl (C=O) groups excluding carboxylic acids is 1. The lowest BCUT2D eigenvalue weighted by molar-refractivity contribution is -0.120. The molecule has 9 heteroatoms. The Morgan fingerprint density at radius 3 is 2.59 bits per heavy atom. The quantitative estimate of drug-likeness (QED) is 0.212. The first-order valence-corrected chi connectivity index (χ1v) is 11.0. The zero-order valence-electron chi connectivity index (χ0n) is 17.5. The van der Waals surface area contributed by atoms with Crippen LogP contribution in [-0.2, 0) is 11.2 Å². The lowest BCUT2D eigenvalue weighted by Crippen LogP contribution is -2.27. The number of phenols is 1. The van der Waals surface area contributed by atoms with Gasteiger partial charge in [0.1, 0.15) is 11.3 Å². The minimum atomic E-state index is -0.595. The molecule has 0 spiro atoms. The van der Waals surface area contributed by atoms with Crippen LogP contribution in [0.15, 0.2) is 56.8 Å². The zero-order valence-corrected chi connectivity index (χ0v) is 19.0. The van der Waals surface area contributed by atoms with E-state index in [9.17, 15) is 14.7 Å². The zero-order chi connectivity index (χ0) is 23.1. The van der Waals surface area contributed by atoms with Gasteiger partial charge in [-0.3, -0.25) is 4.79 Å². The van der Waals surface area contributed by atoms with E-state index in [0.29, 0.717) is 35.8 Å². The summed E-state index contributed by atoms with van der Waals surface area (Å²) in [5.41, 5.74) is 5.46. The minimum Gasteiger partial charge on any atom is -0.508 e. The van der Waals surface area contributed by atoms with Gasteiger partial charge in [-0.2, -0.15) is 5.10 Å². The largest absolute Gasteiger partial charge is 0.508 e. The highest BCUT2D eigenvalue weighted by Gasteiger charge is 2.11. The highest BCUT2D eigenvalue weighted by atomic mass is 35.5. The van der Waals surface area contributed by atoms with Gasteiger partial charge in [0, 0.05) is 48.1 Å². The summed E-state index contributed by atoms with van der Waals surface area (Å²) in [5.74, 6) is 0.600. The van der Waals surface area contributed by atoms with Crippen molar-refractivity contribution in [3.05, 3.63) is 69.6 Å². The number of carbonyl (C=O) groups is 1. The number of rotatable bonds is 9. The van der Waals surface area contributed by atoms with E-state index < -0.39 is 5.63 Å². The molecule has 1 heterocycles. The minimum absolute atomic E-state index is 0.0262. The summed E-state index contributed by atoms with van der Waals surface area (Å²) in [6.07, 6.45) is 1.51. The Labute approximate surface area is 195 Å². The first kappa shape index (κ1) is 23.6. The molecule has 2 N–H and O–H groups in total. The van der Waals surface area contributed by atoms with Gasteiger partial charge in [-0.05, 0) is 47.9 Å². The van der Waals surface area contributed by atoms with E-state index in [4.69, 9.17) is 27.6 Å². The number of hydrogen-bond acceptors (Lipinski definition) is 6. The maximum Gasteiger partial charge on any atom is 0.336 e. The second-order valence-electron chi connectivity index (χ2n) is 7.15. The van der Waals surface area contributed by atoms with Crippen LogP contribution in [0.25, 0.3) is 11.0 Å². The van der Waals surface area contributed by atoms with Crippen molar-refractivity contribution in [3.8, 4) is 5.75 Å². The molecule has 0 bridgehead atoms. The van der Waals surface area contributed by atoms with Gasteiger partial charge in [0.25, 0.3) is 0 Å². The number of fused-ring (bicyclic) bond motifs is 1. The van der Waals surface area contributed by atoms with Crippen LogP contribution in [0.4, 0.5) is 5.69 Å². The number of amides is 1. The standard InChI is InChI=1S/C23H23Cl2N3O4/c1-15-10-18(28(8-6-24)9-7-25)3-2-16(15)14-26-27-22(30)11-17-12-23(31)32-21-13-19(29)4-5-20(17)21/h2-5,10,12-14,29H,6-9,11H2,1H3,(H,27,30)/b26-14-. The molecule has 3 rings (SSSR count). The van der Waals surface area contributed by atoms with Crippen molar-refractivity contribution in [1.29, 1.82) is 0 Å². The predicted octanol–water partition coefficient (Wildman–Crippen LogP) is 3.78. The van der Waals surface area contributed by atoms with Gasteiger partial charge in [-0.15, -0.1) is 23.2 Å². The van der Waals surface area contributed by atoms with E-state index in [1.807, 2.05) is 25.1 Å². The molecular weight excluding hydrogens is 453 g/mol. The van der Waals surface area contributed by atoms with Crippen LogP contribution in [0.1, 0.15) is 16.7 Å². The fourth-order valence-corrected chi connectivity index (χ4v) is 3.73. The van der Waals surface area contributed by atoms with Crippen LogP contribution in [0.3, 0.4) is 0 Å². The van der Waals surface area contributed by atoms with E-state index in [-0.39, 0.29) is 23.7 Å². The van der Waals surface area contributed by atoms with Gasteiger partial charge in [0.2, 0.25) is 5.91 Å². The third kappa shape index (κ3) is 6.02. The number of benzene rings is 2. The van der Waals surface area contributed by atoms with Crippen molar-refractivity contribution in [1.82, 2.24) is 5.43 Å². The molecule has 0 radical (unpaired) electrons. The lowest BCUT2D eigenvalue weighted by atomic mass is 10.1. The number of phenolic OH excluding ortho intramolecular Hbond substituents is 1. The molecule has 0 aliphatic heterocycles. The van der Waals surface area contributed by atoms with Crippen molar-refractivity contribution in [2.45, 2.75) is 13.3 Å². The lowest BCUT2D eigenvalue weighted by Gasteiger charge is -2.23. The monoisotopic (exact) mass is 475 g/mol. The van der Waals surface area contributed by atoms with E-state index >= 15 is 0 Å². The number of aromatic hydroxyl groups is 1. The molecule has 0 aliphatic carbocycles. The van der Waals surface area contributed by atoms with E-state index in [1.165, 1.54) is 18.2 Å².